The molecule has 1 amide bonds. The molecular formula is C14H20N2O2. The molecule has 0 radical (unpaired) electrons. The molecular weight excluding hydrogens is 228 g/mol. The van der Waals surface area contributed by atoms with E-state index in [0.717, 1.165) is 17.5 Å². The van der Waals surface area contributed by atoms with Crippen LogP contribution in [0.3, 0.4) is 0 Å². The molecule has 2 unspecified atom stereocenters. The van der Waals surface area contributed by atoms with Crippen LogP contribution in [0.4, 0.5) is 0 Å². The molecule has 0 saturated carbocycles. The lowest BCUT2D eigenvalue weighted by Crippen LogP contribution is -2.36. The summed E-state index contributed by atoms with van der Waals surface area (Å²) in [7, 11) is 0. The molecule has 1 aliphatic heterocycles. The second-order valence-electron chi connectivity index (χ2n) is 4.80. The van der Waals surface area contributed by atoms with Crippen molar-refractivity contribution in [2.24, 2.45) is 11.7 Å². The first-order valence-corrected chi connectivity index (χ1v) is 6.38. The van der Waals surface area contributed by atoms with Gasteiger partial charge >= 0.3 is 0 Å². The molecule has 18 heavy (non-hydrogen) atoms. The molecule has 4 nitrogen and oxygen atoms in total. The van der Waals surface area contributed by atoms with Crippen LogP contribution < -0.4 is 11.1 Å². The molecule has 1 aliphatic rings. The fourth-order valence-electron chi connectivity index (χ4n) is 2.19. The van der Waals surface area contributed by atoms with Crippen molar-refractivity contribution in [2.45, 2.75) is 32.5 Å². The lowest BCUT2D eigenvalue weighted by Gasteiger charge is -2.14. The van der Waals surface area contributed by atoms with Crippen LogP contribution in [0, 0.1) is 5.92 Å². The van der Waals surface area contributed by atoms with Crippen molar-refractivity contribution in [3.63, 3.8) is 0 Å². The van der Waals surface area contributed by atoms with Crippen molar-refractivity contribution in [2.75, 3.05) is 6.61 Å². The minimum Gasteiger partial charge on any atom is -0.368 e. The zero-order valence-corrected chi connectivity index (χ0v) is 10.7. The van der Waals surface area contributed by atoms with Crippen molar-refractivity contribution in [1.29, 1.82) is 0 Å². The summed E-state index contributed by atoms with van der Waals surface area (Å²) in [4.78, 5) is 11.9. The molecule has 2 rings (SSSR count). The Balaban J connectivity index is 1.88. The zero-order valence-electron chi connectivity index (χ0n) is 10.7. The van der Waals surface area contributed by atoms with E-state index in [1.165, 1.54) is 0 Å². The number of nitrogens with two attached hydrogens (primary N) is 1. The van der Waals surface area contributed by atoms with Crippen molar-refractivity contribution in [3.05, 3.63) is 35.4 Å². The van der Waals surface area contributed by atoms with Crippen molar-refractivity contribution in [1.82, 2.24) is 5.32 Å². The molecule has 2 atom stereocenters. The Bertz CT molecular complexity index is 420. The van der Waals surface area contributed by atoms with Gasteiger partial charge in [0.2, 0.25) is 5.91 Å². The first kappa shape index (κ1) is 13.1. The van der Waals surface area contributed by atoms with Crippen LogP contribution in [0.2, 0.25) is 0 Å². The van der Waals surface area contributed by atoms with Gasteiger partial charge in [-0.15, -0.1) is 0 Å². The van der Waals surface area contributed by atoms with Crippen LogP contribution in [0.1, 0.15) is 24.5 Å². The van der Waals surface area contributed by atoms with Gasteiger partial charge in [-0.1, -0.05) is 31.2 Å². The number of hydrogen-bond donors (Lipinski definition) is 2. The molecule has 1 aromatic rings. The molecule has 3 N–H and O–H groups in total. The number of ether oxygens (including phenoxy) is 1. The summed E-state index contributed by atoms with van der Waals surface area (Å²) in [5.74, 6) is 0.290. The predicted molar refractivity (Wildman–Crippen MR) is 69.7 cm³/mol. The molecule has 0 bridgehead atoms. The second-order valence-corrected chi connectivity index (χ2v) is 4.80. The maximum atomic E-state index is 11.9. The number of carbonyl (C=O) groups excluding carboxylic acids is 1. The monoisotopic (exact) mass is 248 g/mol. The Morgan fingerprint density at radius 3 is 2.94 bits per heavy atom. The van der Waals surface area contributed by atoms with Gasteiger partial charge in [-0.25, -0.2) is 0 Å². The molecule has 0 aliphatic carbocycles. The van der Waals surface area contributed by atoms with E-state index in [0.29, 0.717) is 25.6 Å². The summed E-state index contributed by atoms with van der Waals surface area (Å²) in [6.07, 6.45) is 0.670. The third-order valence-corrected chi connectivity index (χ3v) is 3.34. The maximum absolute atomic E-state index is 11.9. The van der Waals surface area contributed by atoms with Crippen LogP contribution in [-0.2, 0) is 22.6 Å². The average molecular weight is 248 g/mol. The van der Waals surface area contributed by atoms with E-state index in [1.807, 2.05) is 31.2 Å². The largest absolute Gasteiger partial charge is 0.368 e. The minimum absolute atomic E-state index is 0.0156. The van der Waals surface area contributed by atoms with E-state index in [4.69, 9.17) is 10.5 Å². The Hall–Kier alpha value is -1.39. The molecule has 0 aromatic heterocycles. The summed E-state index contributed by atoms with van der Waals surface area (Å²) in [5.41, 5.74) is 7.73. The summed E-state index contributed by atoms with van der Waals surface area (Å²) >= 11 is 0. The fraction of sp³-hybridized carbons (Fsp3) is 0.500. The molecule has 0 spiro atoms. The highest BCUT2D eigenvalue weighted by molar-refractivity contribution is 5.81. The lowest BCUT2D eigenvalue weighted by molar-refractivity contribution is -0.131. The van der Waals surface area contributed by atoms with Crippen molar-refractivity contribution < 1.29 is 9.53 Å². The average Bonchev–Trinajstić information content (AvgIpc) is 2.82. The van der Waals surface area contributed by atoms with Gasteiger partial charge in [0.1, 0.15) is 6.10 Å². The fourth-order valence-corrected chi connectivity index (χ4v) is 2.19. The number of hydrogen-bond acceptors (Lipinski definition) is 3. The second kappa shape index (κ2) is 5.98. The number of benzene rings is 1. The van der Waals surface area contributed by atoms with Crippen LogP contribution in [-0.4, -0.2) is 18.6 Å². The Labute approximate surface area is 108 Å². The van der Waals surface area contributed by atoms with Gasteiger partial charge in [0.25, 0.3) is 0 Å². The van der Waals surface area contributed by atoms with Gasteiger partial charge in [-0.2, -0.15) is 0 Å². The van der Waals surface area contributed by atoms with Gasteiger partial charge in [-0.05, 0) is 23.5 Å². The smallest absolute Gasteiger partial charge is 0.249 e. The lowest BCUT2D eigenvalue weighted by atomic mass is 10.0. The molecule has 4 heteroatoms. The maximum Gasteiger partial charge on any atom is 0.249 e. The minimum atomic E-state index is -0.289. The summed E-state index contributed by atoms with van der Waals surface area (Å²) < 4.78 is 5.43. The van der Waals surface area contributed by atoms with Crippen molar-refractivity contribution in [3.8, 4) is 0 Å². The molecule has 98 valence electrons. The van der Waals surface area contributed by atoms with E-state index < -0.39 is 0 Å². The van der Waals surface area contributed by atoms with E-state index in [9.17, 15) is 4.79 Å². The third-order valence-electron chi connectivity index (χ3n) is 3.34. The van der Waals surface area contributed by atoms with Gasteiger partial charge in [0.05, 0.1) is 0 Å². The van der Waals surface area contributed by atoms with Gasteiger partial charge < -0.3 is 15.8 Å². The van der Waals surface area contributed by atoms with Crippen LogP contribution in [0.5, 0.6) is 0 Å². The highest BCUT2D eigenvalue weighted by Gasteiger charge is 2.30. The van der Waals surface area contributed by atoms with Gasteiger partial charge in [-0.3, -0.25) is 4.79 Å². The number of rotatable bonds is 4. The molecule has 1 aromatic carbocycles. The Morgan fingerprint density at radius 2 is 2.28 bits per heavy atom. The van der Waals surface area contributed by atoms with Crippen LogP contribution in [0.25, 0.3) is 0 Å². The highest BCUT2D eigenvalue weighted by atomic mass is 16.5. The third kappa shape index (κ3) is 3.09. The van der Waals surface area contributed by atoms with Crippen LogP contribution >= 0.6 is 0 Å². The van der Waals surface area contributed by atoms with Gasteiger partial charge in [0, 0.05) is 19.7 Å². The van der Waals surface area contributed by atoms with E-state index in [2.05, 4.69) is 5.32 Å². The van der Waals surface area contributed by atoms with Crippen molar-refractivity contribution >= 4 is 5.91 Å². The normalized spacial score (nSPS) is 23.0. The predicted octanol–water partition coefficient (Wildman–Crippen LogP) is 1.19. The van der Waals surface area contributed by atoms with E-state index >= 15 is 0 Å². The molecule has 1 fully saturated rings. The number of amides is 1. The molecule has 1 heterocycles. The van der Waals surface area contributed by atoms with Gasteiger partial charge in [0.15, 0.2) is 0 Å². The van der Waals surface area contributed by atoms with E-state index in [-0.39, 0.29) is 12.0 Å². The SMILES string of the molecule is CC1CCOC1C(=O)NCc1cccc(CN)c1. The standard InChI is InChI=1S/C14H20N2O2/c1-10-5-6-18-13(10)14(17)16-9-12-4-2-3-11(7-12)8-15/h2-4,7,10,13H,5-6,8-9,15H2,1H3,(H,16,17). The topological polar surface area (TPSA) is 64.3 Å². The Morgan fingerprint density at radius 1 is 1.50 bits per heavy atom. The first-order chi connectivity index (χ1) is 8.70. The Kier molecular flexibility index (Phi) is 4.33. The highest BCUT2D eigenvalue weighted by Crippen LogP contribution is 2.20. The summed E-state index contributed by atoms with van der Waals surface area (Å²) in [6, 6.07) is 7.93. The quantitative estimate of drug-likeness (QED) is 0.841. The zero-order chi connectivity index (χ0) is 13.0. The van der Waals surface area contributed by atoms with Crippen LogP contribution in [0.15, 0.2) is 24.3 Å². The first-order valence-electron chi connectivity index (χ1n) is 6.38. The number of nitrogens with one attached hydrogen (secondary N) is 1. The molecule has 1 saturated heterocycles. The summed E-state index contributed by atoms with van der Waals surface area (Å²) in [6.45, 7) is 3.78. The number of carbonyl (C=O) groups is 1. The van der Waals surface area contributed by atoms with E-state index in [1.54, 1.807) is 0 Å². The summed E-state index contributed by atoms with van der Waals surface area (Å²) in [5, 5.41) is 2.92.